The number of nitriles is 1. The summed E-state index contributed by atoms with van der Waals surface area (Å²) in [5.41, 5.74) is 1.10. The Hall–Kier alpha value is -3.68. The number of nitrogens with zero attached hydrogens (tertiary/aromatic N) is 2. The van der Waals surface area contributed by atoms with E-state index in [4.69, 9.17) is 4.74 Å². The summed E-state index contributed by atoms with van der Waals surface area (Å²) in [6, 6.07) is 15.4. The Morgan fingerprint density at radius 2 is 1.84 bits per heavy atom. The lowest BCUT2D eigenvalue weighted by Crippen LogP contribution is -2.45. The topological polar surface area (TPSA) is 145 Å². The molecule has 1 heterocycles. The van der Waals surface area contributed by atoms with Gasteiger partial charge in [-0.25, -0.2) is 13.4 Å². The van der Waals surface area contributed by atoms with Crippen LogP contribution in [-0.4, -0.2) is 42.1 Å². The maximum absolute atomic E-state index is 12.6. The van der Waals surface area contributed by atoms with Crippen molar-refractivity contribution in [3.63, 3.8) is 0 Å². The zero-order chi connectivity index (χ0) is 23.3. The standard InChI is InChI=1S/C22H22N4O5S/c1-14(2)20(26-32(29,30)15-8-4-3-5-9-15)22(28)31-13-19(27)16(12-23)21-24-17-10-6-7-11-18(17)25-21/h3-11,14,20,26-27H,13H2,1-2H3,(H,24,25)/t20-/m1/s1. The summed E-state index contributed by atoms with van der Waals surface area (Å²) in [5, 5.41) is 19.8. The van der Waals surface area contributed by atoms with E-state index in [1.807, 2.05) is 6.07 Å². The number of carbonyl (C=O) groups is 1. The third-order valence-electron chi connectivity index (χ3n) is 4.63. The molecular formula is C22H22N4O5S. The van der Waals surface area contributed by atoms with Crippen LogP contribution in [0.4, 0.5) is 0 Å². The molecule has 0 saturated carbocycles. The van der Waals surface area contributed by atoms with Crippen LogP contribution in [0.25, 0.3) is 16.6 Å². The van der Waals surface area contributed by atoms with E-state index in [1.54, 1.807) is 56.3 Å². The fourth-order valence-electron chi connectivity index (χ4n) is 2.92. The van der Waals surface area contributed by atoms with Gasteiger partial charge in [-0.3, -0.25) is 4.79 Å². The maximum atomic E-state index is 12.6. The minimum atomic E-state index is -3.96. The van der Waals surface area contributed by atoms with Gasteiger partial charge in [0, 0.05) is 0 Å². The minimum Gasteiger partial charge on any atom is -0.507 e. The molecule has 3 aromatic rings. The molecule has 0 radical (unpaired) electrons. The Labute approximate surface area is 185 Å². The lowest BCUT2D eigenvalue weighted by Gasteiger charge is -2.20. The second-order valence-corrected chi connectivity index (χ2v) is 9.01. The van der Waals surface area contributed by atoms with Crippen molar-refractivity contribution in [3.05, 3.63) is 66.2 Å². The summed E-state index contributed by atoms with van der Waals surface area (Å²) in [7, 11) is -3.96. The monoisotopic (exact) mass is 454 g/mol. The van der Waals surface area contributed by atoms with Gasteiger partial charge in [0.25, 0.3) is 0 Å². The normalized spacial score (nSPS) is 13.4. The van der Waals surface area contributed by atoms with E-state index in [2.05, 4.69) is 14.7 Å². The molecule has 166 valence electrons. The number of esters is 1. The van der Waals surface area contributed by atoms with Crippen LogP contribution in [0.1, 0.15) is 19.7 Å². The molecule has 0 amide bonds. The quantitative estimate of drug-likeness (QED) is 0.269. The zero-order valence-corrected chi connectivity index (χ0v) is 18.3. The van der Waals surface area contributed by atoms with Gasteiger partial charge >= 0.3 is 5.97 Å². The summed E-state index contributed by atoms with van der Waals surface area (Å²) in [5.74, 6) is -1.69. The van der Waals surface area contributed by atoms with E-state index in [-0.39, 0.29) is 16.3 Å². The van der Waals surface area contributed by atoms with Gasteiger partial charge in [-0.1, -0.05) is 44.2 Å². The number of para-hydroxylation sites is 2. The van der Waals surface area contributed by atoms with Crippen LogP contribution < -0.4 is 4.72 Å². The van der Waals surface area contributed by atoms with Crippen molar-refractivity contribution < 1.29 is 23.1 Å². The fraction of sp³-hybridized carbons (Fsp3) is 0.227. The van der Waals surface area contributed by atoms with Gasteiger partial charge in [0.15, 0.2) is 11.6 Å². The third-order valence-corrected chi connectivity index (χ3v) is 6.09. The molecule has 1 aromatic heterocycles. The summed E-state index contributed by atoms with van der Waals surface area (Å²) in [6.07, 6.45) is 0. The Morgan fingerprint density at radius 1 is 1.19 bits per heavy atom. The second-order valence-electron chi connectivity index (χ2n) is 7.30. The first-order chi connectivity index (χ1) is 15.2. The van der Waals surface area contributed by atoms with Gasteiger partial charge in [0.2, 0.25) is 10.0 Å². The number of sulfonamides is 1. The predicted molar refractivity (Wildman–Crippen MR) is 118 cm³/mol. The molecule has 0 aliphatic rings. The van der Waals surface area contributed by atoms with Crippen molar-refractivity contribution in [3.8, 4) is 6.07 Å². The van der Waals surface area contributed by atoms with E-state index in [0.29, 0.717) is 11.0 Å². The summed E-state index contributed by atoms with van der Waals surface area (Å²) in [4.78, 5) is 19.8. The minimum absolute atomic E-state index is 0.0119. The van der Waals surface area contributed by atoms with Crippen LogP contribution >= 0.6 is 0 Å². The van der Waals surface area contributed by atoms with Gasteiger partial charge in [-0.15, -0.1) is 0 Å². The molecule has 0 aliphatic carbocycles. The molecule has 3 N–H and O–H groups in total. The largest absolute Gasteiger partial charge is 0.507 e. The number of imidazole rings is 1. The molecule has 0 aliphatic heterocycles. The number of benzene rings is 2. The SMILES string of the molecule is CC(C)[C@@H](NS(=O)(=O)c1ccccc1)C(=O)OCC(O)=C(C#N)c1nc2ccccc2[nH]1. The van der Waals surface area contributed by atoms with Crippen LogP contribution in [0.3, 0.4) is 0 Å². The highest BCUT2D eigenvalue weighted by Crippen LogP contribution is 2.19. The molecule has 0 unspecified atom stereocenters. The van der Waals surface area contributed by atoms with E-state index < -0.39 is 40.3 Å². The highest BCUT2D eigenvalue weighted by molar-refractivity contribution is 7.89. The van der Waals surface area contributed by atoms with Crippen LogP contribution in [0.2, 0.25) is 0 Å². The average Bonchev–Trinajstić information content (AvgIpc) is 3.20. The first kappa shape index (κ1) is 23.0. The number of aromatic amines is 1. The van der Waals surface area contributed by atoms with Gasteiger partial charge in [0.05, 0.1) is 15.9 Å². The lowest BCUT2D eigenvalue weighted by atomic mass is 10.1. The first-order valence-corrected chi connectivity index (χ1v) is 11.2. The number of hydrogen-bond donors (Lipinski definition) is 3. The molecule has 0 spiro atoms. The Kier molecular flexibility index (Phi) is 6.92. The van der Waals surface area contributed by atoms with Gasteiger partial charge in [0.1, 0.15) is 24.3 Å². The van der Waals surface area contributed by atoms with Crippen LogP contribution in [-0.2, 0) is 19.6 Å². The van der Waals surface area contributed by atoms with Crippen LogP contribution in [0.5, 0.6) is 0 Å². The predicted octanol–water partition coefficient (Wildman–Crippen LogP) is 2.90. The van der Waals surface area contributed by atoms with Crippen LogP contribution in [0, 0.1) is 17.2 Å². The number of aliphatic hydroxyl groups is 1. The summed E-state index contributed by atoms with van der Waals surface area (Å²) in [6.45, 7) is 2.70. The number of nitrogens with one attached hydrogen (secondary N) is 2. The number of fused-ring (bicyclic) bond motifs is 1. The molecule has 10 heteroatoms. The fourth-order valence-corrected chi connectivity index (χ4v) is 4.27. The van der Waals surface area contributed by atoms with Crippen molar-refractivity contribution in [2.75, 3.05) is 6.61 Å². The number of rotatable bonds is 8. The number of H-pyrrole nitrogens is 1. The number of aromatic nitrogens is 2. The van der Waals surface area contributed by atoms with Crippen molar-refractivity contribution in [1.29, 1.82) is 5.26 Å². The first-order valence-electron chi connectivity index (χ1n) is 9.74. The van der Waals surface area contributed by atoms with Crippen molar-refractivity contribution in [1.82, 2.24) is 14.7 Å². The molecule has 3 rings (SSSR count). The summed E-state index contributed by atoms with van der Waals surface area (Å²) >= 11 is 0. The van der Waals surface area contributed by atoms with E-state index in [0.717, 1.165) is 0 Å². The summed E-state index contributed by atoms with van der Waals surface area (Å²) < 4.78 is 32.6. The highest BCUT2D eigenvalue weighted by Gasteiger charge is 2.30. The lowest BCUT2D eigenvalue weighted by molar-refractivity contribution is -0.146. The molecule has 0 saturated heterocycles. The number of aliphatic hydroxyl groups excluding tert-OH is 1. The molecule has 0 fully saturated rings. The van der Waals surface area contributed by atoms with E-state index in [1.165, 1.54) is 12.1 Å². The molecule has 0 bridgehead atoms. The second kappa shape index (κ2) is 9.64. The molecule has 2 aromatic carbocycles. The maximum Gasteiger partial charge on any atom is 0.324 e. The molecule has 32 heavy (non-hydrogen) atoms. The zero-order valence-electron chi connectivity index (χ0n) is 17.4. The van der Waals surface area contributed by atoms with Crippen molar-refractivity contribution in [2.24, 2.45) is 5.92 Å². The van der Waals surface area contributed by atoms with Gasteiger partial charge in [-0.05, 0) is 30.2 Å². The number of ether oxygens (including phenoxy) is 1. The van der Waals surface area contributed by atoms with Crippen LogP contribution in [0.15, 0.2) is 65.3 Å². The third kappa shape index (κ3) is 5.14. The van der Waals surface area contributed by atoms with Crippen molar-refractivity contribution >= 4 is 32.6 Å². The van der Waals surface area contributed by atoms with Gasteiger partial charge < -0.3 is 14.8 Å². The number of allylic oxidation sites excluding steroid dienone is 1. The smallest absolute Gasteiger partial charge is 0.324 e. The van der Waals surface area contributed by atoms with E-state index >= 15 is 0 Å². The Balaban J connectivity index is 1.76. The Morgan fingerprint density at radius 3 is 2.47 bits per heavy atom. The van der Waals surface area contributed by atoms with Crippen molar-refractivity contribution in [2.45, 2.75) is 24.8 Å². The number of carbonyl (C=O) groups excluding carboxylic acids is 1. The van der Waals surface area contributed by atoms with E-state index in [9.17, 15) is 23.6 Å². The van der Waals surface area contributed by atoms with Gasteiger partial charge in [-0.2, -0.15) is 9.98 Å². The number of hydrogen-bond acceptors (Lipinski definition) is 7. The molecular weight excluding hydrogens is 432 g/mol. The molecule has 9 nitrogen and oxygen atoms in total. The average molecular weight is 455 g/mol. The molecule has 1 atom stereocenters. The highest BCUT2D eigenvalue weighted by atomic mass is 32.2. The Bertz CT molecular complexity index is 1260.